The summed E-state index contributed by atoms with van der Waals surface area (Å²) in [5.74, 6) is 2.66. The maximum absolute atomic E-state index is 12.7. The maximum Gasteiger partial charge on any atom is 0.276 e. The molecule has 0 aliphatic carbocycles. The highest BCUT2D eigenvalue weighted by Crippen LogP contribution is 2.28. The van der Waals surface area contributed by atoms with Crippen molar-refractivity contribution in [1.82, 2.24) is 39.4 Å². The quantitative estimate of drug-likeness (QED) is 0.660. The molecule has 0 bridgehead atoms. The number of piperidine rings is 1. The first-order chi connectivity index (χ1) is 13.2. The Hall–Kier alpha value is -3.04. The van der Waals surface area contributed by atoms with Crippen molar-refractivity contribution in [2.75, 3.05) is 13.1 Å². The second kappa shape index (κ2) is 7.29. The van der Waals surface area contributed by atoms with E-state index in [1.165, 1.54) is 12.7 Å². The highest BCUT2D eigenvalue weighted by Gasteiger charge is 2.29. The van der Waals surface area contributed by atoms with Crippen LogP contribution in [0.15, 0.2) is 23.5 Å². The largest absolute Gasteiger partial charge is 0.448 e. The van der Waals surface area contributed by atoms with Crippen LogP contribution < -0.4 is 0 Å². The predicted molar refractivity (Wildman–Crippen MR) is 93.9 cm³/mol. The van der Waals surface area contributed by atoms with Crippen molar-refractivity contribution in [3.63, 3.8) is 0 Å². The molecule has 0 atom stereocenters. The van der Waals surface area contributed by atoms with Crippen molar-refractivity contribution in [2.45, 2.75) is 38.6 Å². The number of nitrogens with zero attached hydrogens (tertiary/aromatic N) is 8. The van der Waals surface area contributed by atoms with Gasteiger partial charge in [-0.15, -0.1) is 10.2 Å². The first-order valence-corrected chi connectivity index (χ1v) is 9.09. The van der Waals surface area contributed by atoms with E-state index >= 15 is 0 Å². The summed E-state index contributed by atoms with van der Waals surface area (Å²) in [6.07, 6.45) is 6.86. The number of hydrogen-bond donors (Lipinski definition) is 0. The molecular formula is C17H22N8O2. The third-order valence-electron chi connectivity index (χ3n) is 5.08. The standard InChI is InChI=1S/C17H22N8O2/c1-3-13-15(19-11-27-13)17(26)24-6-4-12(5-7-24)16-22-21-14(23(16)2)8-25-10-18-9-20-25/h9-12H,3-8H2,1-2H3. The van der Waals surface area contributed by atoms with Crippen molar-refractivity contribution in [1.29, 1.82) is 0 Å². The van der Waals surface area contributed by atoms with E-state index in [0.717, 1.165) is 24.5 Å². The third-order valence-corrected chi connectivity index (χ3v) is 5.08. The molecule has 1 fully saturated rings. The van der Waals surface area contributed by atoms with Crippen molar-refractivity contribution in [2.24, 2.45) is 7.05 Å². The van der Waals surface area contributed by atoms with Crippen molar-refractivity contribution < 1.29 is 9.21 Å². The van der Waals surface area contributed by atoms with Gasteiger partial charge in [0, 0.05) is 32.5 Å². The van der Waals surface area contributed by atoms with Gasteiger partial charge in [0.25, 0.3) is 5.91 Å². The van der Waals surface area contributed by atoms with Gasteiger partial charge in [0.05, 0.1) is 0 Å². The number of rotatable bonds is 5. The minimum Gasteiger partial charge on any atom is -0.448 e. The molecule has 0 saturated carbocycles. The summed E-state index contributed by atoms with van der Waals surface area (Å²) < 4.78 is 9.03. The van der Waals surface area contributed by atoms with Crippen LogP contribution in [0.25, 0.3) is 0 Å². The van der Waals surface area contributed by atoms with Crippen molar-refractivity contribution in [3.05, 3.63) is 42.2 Å². The Morgan fingerprint density at radius 1 is 1.30 bits per heavy atom. The van der Waals surface area contributed by atoms with E-state index in [0.29, 0.717) is 37.5 Å². The number of oxazole rings is 1. The lowest BCUT2D eigenvalue weighted by Gasteiger charge is -2.31. The van der Waals surface area contributed by atoms with E-state index < -0.39 is 0 Å². The van der Waals surface area contributed by atoms with Crippen LogP contribution >= 0.6 is 0 Å². The average molecular weight is 370 g/mol. The van der Waals surface area contributed by atoms with Crippen LogP contribution in [0.5, 0.6) is 0 Å². The van der Waals surface area contributed by atoms with Crippen LogP contribution in [-0.2, 0) is 20.0 Å². The fourth-order valence-electron chi connectivity index (χ4n) is 3.51. The molecule has 1 amide bonds. The zero-order valence-electron chi connectivity index (χ0n) is 15.4. The molecule has 10 nitrogen and oxygen atoms in total. The van der Waals surface area contributed by atoms with Crippen LogP contribution in [0.3, 0.4) is 0 Å². The van der Waals surface area contributed by atoms with Gasteiger partial charge < -0.3 is 13.9 Å². The van der Waals surface area contributed by atoms with Gasteiger partial charge in [0.1, 0.15) is 30.8 Å². The molecule has 0 aromatic carbocycles. The van der Waals surface area contributed by atoms with E-state index in [9.17, 15) is 4.79 Å². The SMILES string of the molecule is CCc1ocnc1C(=O)N1CCC(c2nnc(Cn3cncn3)n2C)CC1. The highest BCUT2D eigenvalue weighted by molar-refractivity contribution is 5.93. The number of aromatic nitrogens is 7. The molecule has 0 unspecified atom stereocenters. The zero-order chi connectivity index (χ0) is 18.8. The lowest BCUT2D eigenvalue weighted by Crippen LogP contribution is -2.38. The van der Waals surface area contributed by atoms with Gasteiger partial charge in [-0.05, 0) is 12.8 Å². The van der Waals surface area contributed by atoms with Crippen LogP contribution in [0.4, 0.5) is 0 Å². The molecule has 1 aliphatic heterocycles. The zero-order valence-corrected chi connectivity index (χ0v) is 15.4. The molecule has 3 aromatic heterocycles. The Bertz CT molecular complexity index is 905. The van der Waals surface area contributed by atoms with Crippen LogP contribution in [0.2, 0.25) is 0 Å². The normalized spacial score (nSPS) is 15.4. The van der Waals surface area contributed by atoms with E-state index in [-0.39, 0.29) is 11.8 Å². The summed E-state index contributed by atoms with van der Waals surface area (Å²) in [6.45, 7) is 3.83. The van der Waals surface area contributed by atoms with Gasteiger partial charge in [-0.25, -0.2) is 14.6 Å². The number of likely N-dealkylation sites (tertiary alicyclic amines) is 1. The summed E-state index contributed by atoms with van der Waals surface area (Å²) in [7, 11) is 1.97. The van der Waals surface area contributed by atoms with Gasteiger partial charge in [-0.2, -0.15) is 5.10 Å². The molecule has 0 radical (unpaired) electrons. The summed E-state index contributed by atoms with van der Waals surface area (Å²) in [5.41, 5.74) is 0.435. The second-order valence-corrected chi connectivity index (χ2v) is 6.67. The predicted octanol–water partition coefficient (Wildman–Crippen LogP) is 1.03. The van der Waals surface area contributed by atoms with Gasteiger partial charge in [-0.3, -0.25) is 4.79 Å². The molecule has 3 aromatic rings. The van der Waals surface area contributed by atoms with E-state index in [4.69, 9.17) is 4.42 Å². The van der Waals surface area contributed by atoms with Gasteiger partial charge in [-0.1, -0.05) is 6.92 Å². The molecule has 1 saturated heterocycles. The first kappa shape index (κ1) is 17.4. The molecule has 4 rings (SSSR count). The van der Waals surface area contributed by atoms with Gasteiger partial charge >= 0.3 is 0 Å². The third kappa shape index (κ3) is 3.34. The van der Waals surface area contributed by atoms with E-state index in [1.54, 1.807) is 11.0 Å². The highest BCUT2D eigenvalue weighted by atomic mass is 16.3. The second-order valence-electron chi connectivity index (χ2n) is 6.67. The molecule has 142 valence electrons. The first-order valence-electron chi connectivity index (χ1n) is 9.09. The molecule has 1 aliphatic rings. The topological polar surface area (TPSA) is 108 Å². The Labute approximate surface area is 156 Å². The van der Waals surface area contributed by atoms with Crippen molar-refractivity contribution >= 4 is 5.91 Å². The van der Waals surface area contributed by atoms with Crippen LogP contribution in [0.1, 0.15) is 53.6 Å². The van der Waals surface area contributed by atoms with Gasteiger partial charge in [0.2, 0.25) is 0 Å². The fraction of sp³-hybridized carbons (Fsp3) is 0.529. The minimum absolute atomic E-state index is 0.0520. The van der Waals surface area contributed by atoms with Crippen molar-refractivity contribution in [3.8, 4) is 0 Å². The molecular weight excluding hydrogens is 348 g/mol. The smallest absolute Gasteiger partial charge is 0.276 e. The molecule has 27 heavy (non-hydrogen) atoms. The lowest BCUT2D eigenvalue weighted by atomic mass is 9.95. The number of hydrogen-bond acceptors (Lipinski definition) is 7. The molecule has 0 N–H and O–H groups in total. The molecule has 0 spiro atoms. The molecule has 10 heteroatoms. The summed E-state index contributed by atoms with van der Waals surface area (Å²) in [4.78, 5) is 22.6. The number of amides is 1. The van der Waals surface area contributed by atoms with Gasteiger partial charge in [0.15, 0.2) is 17.9 Å². The average Bonchev–Trinajstić information content (AvgIpc) is 3.44. The summed E-state index contributed by atoms with van der Waals surface area (Å²) in [5, 5.41) is 12.8. The van der Waals surface area contributed by atoms with E-state index in [1.807, 2.05) is 23.4 Å². The maximum atomic E-state index is 12.7. The Kier molecular flexibility index (Phi) is 4.69. The number of carbonyl (C=O) groups excluding carboxylic acids is 1. The van der Waals surface area contributed by atoms with Crippen LogP contribution in [0, 0.1) is 0 Å². The minimum atomic E-state index is -0.0520. The number of carbonyl (C=O) groups is 1. The fourth-order valence-corrected chi connectivity index (χ4v) is 3.51. The summed E-state index contributed by atoms with van der Waals surface area (Å²) >= 11 is 0. The summed E-state index contributed by atoms with van der Waals surface area (Å²) in [6, 6.07) is 0. The number of aryl methyl sites for hydroxylation is 1. The molecule has 4 heterocycles. The Balaban J connectivity index is 1.41. The Morgan fingerprint density at radius 2 is 2.11 bits per heavy atom. The Morgan fingerprint density at radius 3 is 2.81 bits per heavy atom. The monoisotopic (exact) mass is 370 g/mol. The lowest BCUT2D eigenvalue weighted by molar-refractivity contribution is 0.0703. The van der Waals surface area contributed by atoms with E-state index in [2.05, 4.69) is 25.3 Å². The van der Waals surface area contributed by atoms with Crippen LogP contribution in [-0.4, -0.2) is 58.4 Å².